The predicted octanol–water partition coefficient (Wildman–Crippen LogP) is 4.59. The number of benzene rings is 3. The van der Waals surface area contributed by atoms with Crippen LogP contribution in [0.15, 0.2) is 72.8 Å². The first kappa shape index (κ1) is 17.4. The Labute approximate surface area is 163 Å². The van der Waals surface area contributed by atoms with Gasteiger partial charge in [-0.1, -0.05) is 48.0 Å². The Morgan fingerprint density at radius 2 is 1.46 bits per heavy atom. The molecule has 0 radical (unpaired) electrons. The van der Waals surface area contributed by atoms with Crippen LogP contribution in [0, 0.1) is 18.3 Å². The lowest BCUT2D eigenvalue weighted by atomic mass is 9.91. The topological polar surface area (TPSA) is 61.2 Å². The fraction of sp³-hybridized carbons (Fsp3) is 0.0417. The molecule has 134 valence electrons. The van der Waals surface area contributed by atoms with Crippen molar-refractivity contribution in [3.8, 4) is 6.07 Å². The zero-order valence-corrected chi connectivity index (χ0v) is 15.2. The lowest BCUT2D eigenvalue weighted by Gasteiger charge is -2.28. The molecule has 0 N–H and O–H groups in total. The third kappa shape index (κ3) is 3.00. The second kappa shape index (κ2) is 6.98. The molecule has 3 aromatic rings. The van der Waals surface area contributed by atoms with Crippen molar-refractivity contribution in [3.05, 3.63) is 101 Å². The predicted molar refractivity (Wildman–Crippen MR) is 108 cm³/mol. The summed E-state index contributed by atoms with van der Waals surface area (Å²) in [5.41, 5.74) is 4.48. The third-order valence-electron chi connectivity index (χ3n) is 4.73. The van der Waals surface area contributed by atoms with Crippen LogP contribution < -0.4 is 4.90 Å². The summed E-state index contributed by atoms with van der Waals surface area (Å²) < 4.78 is 0. The number of fused-ring (bicyclic) bond motifs is 1. The van der Waals surface area contributed by atoms with E-state index in [0.717, 1.165) is 11.1 Å². The molecule has 4 nitrogen and oxygen atoms in total. The van der Waals surface area contributed by atoms with Gasteiger partial charge in [0.1, 0.15) is 0 Å². The van der Waals surface area contributed by atoms with Gasteiger partial charge in [0.2, 0.25) is 0 Å². The second-order valence-electron chi connectivity index (χ2n) is 6.62. The number of anilines is 1. The molecule has 3 aromatic carbocycles. The Balaban J connectivity index is 1.87. The van der Waals surface area contributed by atoms with E-state index < -0.39 is 0 Å². The number of nitriles is 1. The van der Waals surface area contributed by atoms with Gasteiger partial charge in [-0.25, -0.2) is 4.90 Å². The van der Waals surface area contributed by atoms with Crippen LogP contribution in [0.25, 0.3) is 11.6 Å². The maximum atomic E-state index is 13.3. The normalized spacial score (nSPS) is 14.7. The van der Waals surface area contributed by atoms with E-state index in [-0.39, 0.29) is 11.8 Å². The first-order chi connectivity index (χ1) is 13.6. The Kier molecular flexibility index (Phi) is 4.35. The van der Waals surface area contributed by atoms with Crippen molar-refractivity contribution < 1.29 is 9.59 Å². The van der Waals surface area contributed by atoms with Crippen LogP contribution >= 0.6 is 0 Å². The van der Waals surface area contributed by atoms with Crippen LogP contribution in [-0.2, 0) is 4.79 Å². The SMILES string of the molecule is Cc1ccc(N2C(=O)/C(=C\c3ccc(C#N)cc3)c3ccccc3C2=O)cc1. The molecule has 2 amide bonds. The standard InChI is InChI=1S/C24H16N2O2/c1-16-6-12-19(13-7-16)26-23(27)21-5-3-2-4-20(21)22(24(26)28)14-17-8-10-18(15-25)11-9-17/h2-14H,1H3/b22-14-. The minimum Gasteiger partial charge on any atom is -0.268 e. The summed E-state index contributed by atoms with van der Waals surface area (Å²) in [6.45, 7) is 1.95. The number of hydrogen-bond acceptors (Lipinski definition) is 3. The molecule has 4 rings (SSSR count). The Bertz CT molecular complexity index is 1150. The molecule has 0 saturated heterocycles. The van der Waals surface area contributed by atoms with Crippen molar-refractivity contribution in [2.75, 3.05) is 4.90 Å². The fourth-order valence-electron chi connectivity index (χ4n) is 3.24. The molecule has 0 atom stereocenters. The van der Waals surface area contributed by atoms with Crippen LogP contribution in [0.5, 0.6) is 0 Å². The maximum absolute atomic E-state index is 13.3. The molecule has 0 saturated carbocycles. The molecule has 0 spiro atoms. The van der Waals surface area contributed by atoms with Gasteiger partial charge in [0.25, 0.3) is 11.8 Å². The van der Waals surface area contributed by atoms with Gasteiger partial charge >= 0.3 is 0 Å². The highest BCUT2D eigenvalue weighted by Crippen LogP contribution is 2.33. The molecular weight excluding hydrogens is 348 g/mol. The number of carbonyl (C=O) groups excluding carboxylic acids is 2. The van der Waals surface area contributed by atoms with E-state index in [9.17, 15) is 9.59 Å². The van der Waals surface area contributed by atoms with Gasteiger partial charge in [0.05, 0.1) is 17.3 Å². The van der Waals surface area contributed by atoms with Gasteiger partial charge in [-0.2, -0.15) is 5.26 Å². The highest BCUT2D eigenvalue weighted by atomic mass is 16.2. The molecule has 28 heavy (non-hydrogen) atoms. The molecular formula is C24H16N2O2. The molecule has 1 aliphatic rings. The first-order valence-electron chi connectivity index (χ1n) is 8.85. The Morgan fingerprint density at radius 1 is 0.821 bits per heavy atom. The lowest BCUT2D eigenvalue weighted by Crippen LogP contribution is -2.41. The number of rotatable bonds is 2. The molecule has 0 aromatic heterocycles. The first-order valence-corrected chi connectivity index (χ1v) is 8.85. The van der Waals surface area contributed by atoms with Crippen molar-refractivity contribution in [2.24, 2.45) is 0 Å². The van der Waals surface area contributed by atoms with Crippen molar-refractivity contribution >= 4 is 29.2 Å². The average Bonchev–Trinajstić information content (AvgIpc) is 2.73. The highest BCUT2D eigenvalue weighted by Gasteiger charge is 2.35. The second-order valence-corrected chi connectivity index (χ2v) is 6.62. The van der Waals surface area contributed by atoms with E-state index in [0.29, 0.717) is 28.0 Å². The average molecular weight is 364 g/mol. The summed E-state index contributed by atoms with van der Waals surface area (Å²) in [4.78, 5) is 27.6. The van der Waals surface area contributed by atoms with Gasteiger partial charge in [0, 0.05) is 11.1 Å². The maximum Gasteiger partial charge on any atom is 0.265 e. The number of imide groups is 1. The number of hydrogen-bond donors (Lipinski definition) is 0. The summed E-state index contributed by atoms with van der Waals surface area (Å²) in [6, 6.07) is 23.5. The summed E-state index contributed by atoms with van der Waals surface area (Å²) in [6.07, 6.45) is 1.76. The van der Waals surface area contributed by atoms with Gasteiger partial charge < -0.3 is 0 Å². The molecule has 1 aliphatic heterocycles. The molecule has 0 aliphatic carbocycles. The van der Waals surface area contributed by atoms with E-state index in [1.165, 1.54) is 4.90 Å². The third-order valence-corrected chi connectivity index (χ3v) is 4.73. The number of nitrogens with zero attached hydrogens (tertiary/aromatic N) is 2. The zero-order chi connectivity index (χ0) is 19.7. The van der Waals surface area contributed by atoms with Gasteiger partial charge in [0.15, 0.2) is 0 Å². The molecule has 0 unspecified atom stereocenters. The van der Waals surface area contributed by atoms with Crippen molar-refractivity contribution in [1.82, 2.24) is 0 Å². The molecule has 0 fully saturated rings. The van der Waals surface area contributed by atoms with E-state index in [4.69, 9.17) is 5.26 Å². The number of carbonyl (C=O) groups is 2. The van der Waals surface area contributed by atoms with E-state index in [1.807, 2.05) is 25.1 Å². The van der Waals surface area contributed by atoms with Crippen LogP contribution in [0.2, 0.25) is 0 Å². The van der Waals surface area contributed by atoms with Crippen LogP contribution in [0.1, 0.15) is 32.6 Å². The Morgan fingerprint density at radius 3 is 2.11 bits per heavy atom. The smallest absolute Gasteiger partial charge is 0.265 e. The summed E-state index contributed by atoms with van der Waals surface area (Å²) >= 11 is 0. The van der Waals surface area contributed by atoms with Crippen molar-refractivity contribution in [1.29, 1.82) is 5.26 Å². The quantitative estimate of drug-likeness (QED) is 0.493. The fourth-order valence-corrected chi connectivity index (χ4v) is 3.24. The van der Waals surface area contributed by atoms with E-state index in [1.54, 1.807) is 60.7 Å². The van der Waals surface area contributed by atoms with Gasteiger partial charge in [-0.3, -0.25) is 9.59 Å². The van der Waals surface area contributed by atoms with Crippen LogP contribution in [0.4, 0.5) is 5.69 Å². The number of amides is 2. The summed E-state index contributed by atoms with van der Waals surface area (Å²) in [7, 11) is 0. The molecule has 4 heteroatoms. The summed E-state index contributed by atoms with van der Waals surface area (Å²) in [5, 5.41) is 8.97. The molecule has 0 bridgehead atoms. The minimum absolute atomic E-state index is 0.332. The van der Waals surface area contributed by atoms with Crippen molar-refractivity contribution in [2.45, 2.75) is 6.92 Å². The van der Waals surface area contributed by atoms with E-state index >= 15 is 0 Å². The zero-order valence-electron chi connectivity index (χ0n) is 15.2. The largest absolute Gasteiger partial charge is 0.268 e. The molecule has 1 heterocycles. The highest BCUT2D eigenvalue weighted by molar-refractivity contribution is 6.43. The number of aryl methyl sites for hydroxylation is 1. The van der Waals surface area contributed by atoms with E-state index in [2.05, 4.69) is 6.07 Å². The minimum atomic E-state index is -0.364. The summed E-state index contributed by atoms with van der Waals surface area (Å²) in [5.74, 6) is -0.696. The monoisotopic (exact) mass is 364 g/mol. The van der Waals surface area contributed by atoms with Gasteiger partial charge in [-0.15, -0.1) is 0 Å². The van der Waals surface area contributed by atoms with Crippen LogP contribution in [-0.4, -0.2) is 11.8 Å². The van der Waals surface area contributed by atoms with Crippen LogP contribution in [0.3, 0.4) is 0 Å². The lowest BCUT2D eigenvalue weighted by molar-refractivity contribution is -0.112. The van der Waals surface area contributed by atoms with Crippen molar-refractivity contribution in [3.63, 3.8) is 0 Å². The van der Waals surface area contributed by atoms with Gasteiger partial charge in [-0.05, 0) is 54.5 Å². The Hall–Kier alpha value is -3.97.